The van der Waals surface area contributed by atoms with E-state index < -0.39 is 5.97 Å². The molecule has 6 nitrogen and oxygen atoms in total. The summed E-state index contributed by atoms with van der Waals surface area (Å²) >= 11 is 0. The van der Waals surface area contributed by atoms with E-state index in [9.17, 15) is 9.90 Å². The van der Waals surface area contributed by atoms with Crippen molar-refractivity contribution in [1.29, 1.82) is 0 Å². The SMILES string of the molecule is Nc1cccc(CNc2ncnc3c(C(=O)O)cccc23)c1. The molecule has 0 radical (unpaired) electrons. The molecule has 0 aliphatic rings. The van der Waals surface area contributed by atoms with E-state index in [2.05, 4.69) is 15.3 Å². The number of hydrogen-bond acceptors (Lipinski definition) is 5. The summed E-state index contributed by atoms with van der Waals surface area (Å²) in [7, 11) is 0. The Morgan fingerprint density at radius 1 is 1.18 bits per heavy atom. The third-order valence-electron chi connectivity index (χ3n) is 3.31. The maximum Gasteiger partial charge on any atom is 0.337 e. The minimum absolute atomic E-state index is 0.159. The Bertz CT molecular complexity index is 848. The molecule has 4 N–H and O–H groups in total. The fourth-order valence-electron chi connectivity index (χ4n) is 2.29. The summed E-state index contributed by atoms with van der Waals surface area (Å²) in [6.45, 7) is 0.536. The number of nitrogen functional groups attached to an aromatic ring is 1. The van der Waals surface area contributed by atoms with Crippen LogP contribution < -0.4 is 11.1 Å². The van der Waals surface area contributed by atoms with E-state index >= 15 is 0 Å². The zero-order valence-corrected chi connectivity index (χ0v) is 11.7. The van der Waals surface area contributed by atoms with Gasteiger partial charge in [-0.2, -0.15) is 0 Å². The van der Waals surface area contributed by atoms with Gasteiger partial charge < -0.3 is 16.2 Å². The van der Waals surface area contributed by atoms with E-state index in [-0.39, 0.29) is 5.56 Å². The monoisotopic (exact) mass is 294 g/mol. The van der Waals surface area contributed by atoms with Crippen molar-refractivity contribution in [3.8, 4) is 0 Å². The first-order chi connectivity index (χ1) is 10.6. The number of fused-ring (bicyclic) bond motifs is 1. The molecule has 0 fully saturated rings. The Kier molecular flexibility index (Phi) is 3.57. The number of nitrogens with two attached hydrogens (primary N) is 1. The van der Waals surface area contributed by atoms with Crippen LogP contribution >= 0.6 is 0 Å². The van der Waals surface area contributed by atoms with Crippen LogP contribution in [-0.4, -0.2) is 21.0 Å². The van der Waals surface area contributed by atoms with Gasteiger partial charge in [0.25, 0.3) is 0 Å². The highest BCUT2D eigenvalue weighted by atomic mass is 16.4. The number of nitrogens with one attached hydrogen (secondary N) is 1. The molecule has 2 aromatic carbocycles. The average molecular weight is 294 g/mol. The number of rotatable bonds is 4. The predicted molar refractivity (Wildman–Crippen MR) is 84.7 cm³/mol. The lowest BCUT2D eigenvalue weighted by atomic mass is 10.1. The molecule has 0 saturated heterocycles. The Hall–Kier alpha value is -3.15. The highest BCUT2D eigenvalue weighted by molar-refractivity contribution is 6.04. The Morgan fingerprint density at radius 3 is 2.77 bits per heavy atom. The van der Waals surface area contributed by atoms with Gasteiger partial charge in [0.2, 0.25) is 0 Å². The second-order valence-electron chi connectivity index (χ2n) is 4.83. The molecular weight excluding hydrogens is 280 g/mol. The normalized spacial score (nSPS) is 10.5. The lowest BCUT2D eigenvalue weighted by molar-refractivity contribution is 0.0699. The van der Waals surface area contributed by atoms with Crippen LogP contribution in [0.3, 0.4) is 0 Å². The van der Waals surface area contributed by atoms with Gasteiger partial charge in [-0.3, -0.25) is 0 Å². The van der Waals surface area contributed by atoms with Crippen molar-refractivity contribution < 1.29 is 9.90 Å². The molecule has 0 atom stereocenters. The molecule has 0 aliphatic carbocycles. The standard InChI is InChI=1S/C16H14N4O2/c17-11-4-1-3-10(7-11)8-18-15-12-5-2-6-13(16(21)22)14(12)19-9-20-15/h1-7,9H,8,17H2,(H,21,22)(H,18,19,20). The molecule has 0 amide bonds. The smallest absolute Gasteiger partial charge is 0.337 e. The van der Waals surface area contributed by atoms with Gasteiger partial charge in [0, 0.05) is 17.6 Å². The third kappa shape index (κ3) is 2.67. The molecule has 0 bridgehead atoms. The lowest BCUT2D eigenvalue weighted by Gasteiger charge is -2.09. The lowest BCUT2D eigenvalue weighted by Crippen LogP contribution is -2.05. The minimum Gasteiger partial charge on any atom is -0.478 e. The van der Waals surface area contributed by atoms with E-state index in [0.29, 0.717) is 29.0 Å². The summed E-state index contributed by atoms with van der Waals surface area (Å²) in [6, 6.07) is 12.5. The molecule has 0 spiro atoms. The Balaban J connectivity index is 1.94. The van der Waals surface area contributed by atoms with Crippen molar-refractivity contribution in [2.24, 2.45) is 0 Å². The number of anilines is 2. The molecule has 0 aliphatic heterocycles. The van der Waals surface area contributed by atoms with Crippen LogP contribution in [0.1, 0.15) is 15.9 Å². The van der Waals surface area contributed by atoms with Crippen molar-refractivity contribution in [1.82, 2.24) is 9.97 Å². The summed E-state index contributed by atoms with van der Waals surface area (Å²) in [5, 5.41) is 13.1. The fraction of sp³-hybridized carbons (Fsp3) is 0.0625. The molecule has 3 aromatic rings. The second-order valence-corrected chi connectivity index (χ2v) is 4.83. The minimum atomic E-state index is -1.01. The predicted octanol–water partition coefficient (Wildman–Crippen LogP) is 2.52. The highest BCUT2D eigenvalue weighted by Crippen LogP contribution is 2.22. The zero-order valence-electron chi connectivity index (χ0n) is 11.7. The highest BCUT2D eigenvalue weighted by Gasteiger charge is 2.12. The van der Waals surface area contributed by atoms with Crippen LogP contribution in [0.4, 0.5) is 11.5 Å². The van der Waals surface area contributed by atoms with Crippen molar-refractivity contribution in [3.05, 3.63) is 59.9 Å². The first-order valence-corrected chi connectivity index (χ1v) is 6.70. The van der Waals surface area contributed by atoms with Gasteiger partial charge in [-0.25, -0.2) is 14.8 Å². The van der Waals surface area contributed by atoms with Gasteiger partial charge in [-0.05, 0) is 29.8 Å². The number of carboxylic acid groups (broad SMARTS) is 1. The summed E-state index contributed by atoms with van der Waals surface area (Å²) in [5.41, 5.74) is 8.04. The maximum atomic E-state index is 11.2. The van der Waals surface area contributed by atoms with E-state index in [4.69, 9.17) is 5.73 Å². The average Bonchev–Trinajstić information content (AvgIpc) is 2.52. The van der Waals surface area contributed by atoms with Crippen LogP contribution in [0.25, 0.3) is 10.9 Å². The van der Waals surface area contributed by atoms with Crippen molar-refractivity contribution in [3.63, 3.8) is 0 Å². The van der Waals surface area contributed by atoms with Crippen LogP contribution in [0.15, 0.2) is 48.8 Å². The molecule has 1 heterocycles. The Labute approximate surface area is 126 Å². The first-order valence-electron chi connectivity index (χ1n) is 6.70. The van der Waals surface area contributed by atoms with Gasteiger partial charge >= 0.3 is 5.97 Å². The number of para-hydroxylation sites is 1. The van der Waals surface area contributed by atoms with Gasteiger partial charge in [-0.15, -0.1) is 0 Å². The number of carbonyl (C=O) groups is 1. The van der Waals surface area contributed by atoms with Crippen LogP contribution in [-0.2, 0) is 6.54 Å². The number of benzene rings is 2. The van der Waals surface area contributed by atoms with Gasteiger partial charge in [0.05, 0.1) is 11.1 Å². The van der Waals surface area contributed by atoms with E-state index in [1.165, 1.54) is 12.4 Å². The van der Waals surface area contributed by atoms with Crippen molar-refractivity contribution in [2.45, 2.75) is 6.54 Å². The zero-order chi connectivity index (χ0) is 15.5. The topological polar surface area (TPSA) is 101 Å². The number of carboxylic acids is 1. The van der Waals surface area contributed by atoms with E-state index in [1.54, 1.807) is 12.1 Å². The second kappa shape index (κ2) is 5.69. The molecule has 0 unspecified atom stereocenters. The summed E-state index contributed by atoms with van der Waals surface area (Å²) in [5.74, 6) is -0.415. The molecular formula is C16H14N4O2. The number of aromatic nitrogens is 2. The fourth-order valence-corrected chi connectivity index (χ4v) is 2.29. The molecule has 1 aromatic heterocycles. The van der Waals surface area contributed by atoms with Gasteiger partial charge in [0.15, 0.2) is 0 Å². The largest absolute Gasteiger partial charge is 0.478 e. The van der Waals surface area contributed by atoms with Crippen LogP contribution in [0.5, 0.6) is 0 Å². The third-order valence-corrected chi connectivity index (χ3v) is 3.31. The van der Waals surface area contributed by atoms with E-state index in [0.717, 1.165) is 5.56 Å². The van der Waals surface area contributed by atoms with Crippen molar-refractivity contribution >= 4 is 28.4 Å². The summed E-state index contributed by atoms with van der Waals surface area (Å²) in [4.78, 5) is 19.5. The summed E-state index contributed by atoms with van der Waals surface area (Å²) in [6.07, 6.45) is 1.36. The van der Waals surface area contributed by atoms with Gasteiger partial charge in [-0.1, -0.05) is 18.2 Å². The van der Waals surface area contributed by atoms with E-state index in [1.807, 2.05) is 24.3 Å². The molecule has 6 heteroatoms. The van der Waals surface area contributed by atoms with Gasteiger partial charge in [0.1, 0.15) is 12.1 Å². The number of hydrogen-bond donors (Lipinski definition) is 3. The number of aromatic carboxylic acids is 1. The van der Waals surface area contributed by atoms with Crippen molar-refractivity contribution in [2.75, 3.05) is 11.1 Å². The maximum absolute atomic E-state index is 11.2. The number of nitrogens with zero attached hydrogens (tertiary/aromatic N) is 2. The molecule has 0 saturated carbocycles. The summed E-state index contributed by atoms with van der Waals surface area (Å²) < 4.78 is 0. The quantitative estimate of drug-likeness (QED) is 0.639. The Morgan fingerprint density at radius 2 is 2.00 bits per heavy atom. The molecule has 22 heavy (non-hydrogen) atoms. The molecule has 110 valence electrons. The van der Waals surface area contributed by atoms with Crippen LogP contribution in [0.2, 0.25) is 0 Å². The van der Waals surface area contributed by atoms with Crippen LogP contribution in [0, 0.1) is 0 Å². The first kappa shape index (κ1) is 13.8. The molecule has 3 rings (SSSR count).